The van der Waals surface area contributed by atoms with E-state index < -0.39 is 0 Å². The third-order valence-electron chi connectivity index (χ3n) is 3.89. The highest BCUT2D eigenvalue weighted by molar-refractivity contribution is 5.05. The maximum absolute atomic E-state index is 5.64. The van der Waals surface area contributed by atoms with Crippen molar-refractivity contribution in [2.45, 2.75) is 45.7 Å². The lowest BCUT2D eigenvalue weighted by atomic mass is 10.0. The second kappa shape index (κ2) is 6.39. The zero-order chi connectivity index (χ0) is 13.0. The monoisotopic (exact) mass is 250 g/mol. The Kier molecular flexibility index (Phi) is 4.84. The van der Waals surface area contributed by atoms with E-state index in [1.807, 2.05) is 13.0 Å². The minimum atomic E-state index is 0.718. The number of hydrogen-bond donors (Lipinski definition) is 1. The number of rotatable bonds is 6. The molecule has 0 bridgehead atoms. The van der Waals surface area contributed by atoms with Crippen molar-refractivity contribution in [3.05, 3.63) is 23.7 Å². The molecule has 1 N–H and O–H groups in total. The Morgan fingerprint density at radius 1 is 1.39 bits per heavy atom. The molecule has 1 aromatic rings. The Hall–Kier alpha value is -0.800. The van der Waals surface area contributed by atoms with E-state index in [1.165, 1.54) is 19.3 Å². The van der Waals surface area contributed by atoms with Crippen LogP contribution in [0, 0.1) is 12.8 Å². The largest absolute Gasteiger partial charge is 0.465 e. The number of hydrogen-bond acceptors (Lipinski definition) is 3. The van der Waals surface area contributed by atoms with Gasteiger partial charge < -0.3 is 9.73 Å². The van der Waals surface area contributed by atoms with Gasteiger partial charge >= 0.3 is 0 Å². The van der Waals surface area contributed by atoms with E-state index >= 15 is 0 Å². The average molecular weight is 250 g/mol. The van der Waals surface area contributed by atoms with E-state index in [0.717, 1.165) is 43.1 Å². The van der Waals surface area contributed by atoms with E-state index in [1.54, 1.807) is 0 Å². The smallest absolute Gasteiger partial charge is 0.118 e. The number of nitrogens with zero attached hydrogens (tertiary/aromatic N) is 1. The fourth-order valence-corrected chi connectivity index (χ4v) is 3.09. The Morgan fingerprint density at radius 2 is 2.22 bits per heavy atom. The lowest BCUT2D eigenvalue weighted by Gasteiger charge is -2.25. The van der Waals surface area contributed by atoms with Gasteiger partial charge in [0.15, 0.2) is 0 Å². The van der Waals surface area contributed by atoms with Crippen molar-refractivity contribution in [1.82, 2.24) is 10.2 Å². The molecule has 3 heteroatoms. The highest BCUT2D eigenvalue weighted by atomic mass is 16.3. The first-order valence-corrected chi connectivity index (χ1v) is 7.16. The summed E-state index contributed by atoms with van der Waals surface area (Å²) < 4.78 is 5.64. The minimum absolute atomic E-state index is 0.718. The average Bonchev–Trinajstić information content (AvgIpc) is 2.90. The molecular weight excluding hydrogens is 224 g/mol. The topological polar surface area (TPSA) is 28.4 Å². The normalized spacial score (nSPS) is 24.0. The van der Waals surface area contributed by atoms with Crippen molar-refractivity contribution in [3.63, 3.8) is 0 Å². The van der Waals surface area contributed by atoms with E-state index in [-0.39, 0.29) is 0 Å². The summed E-state index contributed by atoms with van der Waals surface area (Å²) in [5, 5.41) is 3.62. The van der Waals surface area contributed by atoms with Gasteiger partial charge in [-0.05, 0) is 51.4 Å². The molecule has 1 heterocycles. The summed E-state index contributed by atoms with van der Waals surface area (Å²) in [5.41, 5.74) is 0. The van der Waals surface area contributed by atoms with Gasteiger partial charge in [0.05, 0.1) is 6.54 Å². The van der Waals surface area contributed by atoms with Crippen LogP contribution in [0.25, 0.3) is 0 Å². The number of furan rings is 1. The molecule has 2 atom stereocenters. The van der Waals surface area contributed by atoms with Crippen LogP contribution in [0.5, 0.6) is 0 Å². The van der Waals surface area contributed by atoms with Crippen LogP contribution in [0.1, 0.15) is 37.7 Å². The molecule has 0 aromatic carbocycles. The quantitative estimate of drug-likeness (QED) is 0.841. The lowest BCUT2D eigenvalue weighted by molar-refractivity contribution is 0.230. The third kappa shape index (κ3) is 3.59. The Labute approximate surface area is 111 Å². The van der Waals surface area contributed by atoms with Crippen molar-refractivity contribution in [3.8, 4) is 0 Å². The van der Waals surface area contributed by atoms with E-state index in [4.69, 9.17) is 4.42 Å². The summed E-state index contributed by atoms with van der Waals surface area (Å²) in [6.45, 7) is 7.37. The summed E-state index contributed by atoms with van der Waals surface area (Å²) in [5.74, 6) is 2.88. The summed E-state index contributed by atoms with van der Waals surface area (Å²) in [6.07, 6.45) is 4.07. The van der Waals surface area contributed by atoms with Crippen molar-refractivity contribution < 1.29 is 4.42 Å². The van der Waals surface area contributed by atoms with Crippen molar-refractivity contribution in [2.24, 2.45) is 5.92 Å². The molecule has 1 aliphatic carbocycles. The summed E-state index contributed by atoms with van der Waals surface area (Å²) >= 11 is 0. The van der Waals surface area contributed by atoms with Crippen LogP contribution in [0.15, 0.2) is 16.5 Å². The molecule has 0 radical (unpaired) electrons. The highest BCUT2D eigenvalue weighted by Gasteiger charge is 2.27. The SMILES string of the molecule is CCNC1CCCC1CN(C)Cc1ccc(C)o1. The summed E-state index contributed by atoms with van der Waals surface area (Å²) in [4.78, 5) is 2.39. The maximum Gasteiger partial charge on any atom is 0.118 e. The highest BCUT2D eigenvalue weighted by Crippen LogP contribution is 2.26. The fourth-order valence-electron chi connectivity index (χ4n) is 3.09. The molecule has 1 aliphatic rings. The molecule has 2 rings (SSSR count). The Morgan fingerprint density at radius 3 is 2.89 bits per heavy atom. The Bertz CT molecular complexity index is 361. The van der Waals surface area contributed by atoms with Gasteiger partial charge in [0.2, 0.25) is 0 Å². The Balaban J connectivity index is 1.81. The second-order valence-electron chi connectivity index (χ2n) is 5.56. The molecule has 1 aromatic heterocycles. The van der Waals surface area contributed by atoms with Gasteiger partial charge in [-0.1, -0.05) is 13.3 Å². The van der Waals surface area contributed by atoms with Crippen molar-refractivity contribution >= 4 is 0 Å². The molecule has 0 amide bonds. The van der Waals surface area contributed by atoms with Gasteiger partial charge in [0.25, 0.3) is 0 Å². The maximum atomic E-state index is 5.64. The van der Waals surface area contributed by atoms with Crippen molar-refractivity contribution in [2.75, 3.05) is 20.1 Å². The van der Waals surface area contributed by atoms with Gasteiger partial charge in [0.1, 0.15) is 11.5 Å². The van der Waals surface area contributed by atoms with E-state index in [0.29, 0.717) is 0 Å². The molecular formula is C15H26N2O. The van der Waals surface area contributed by atoms with E-state index in [9.17, 15) is 0 Å². The van der Waals surface area contributed by atoms with Crippen molar-refractivity contribution in [1.29, 1.82) is 0 Å². The summed E-state index contributed by atoms with van der Waals surface area (Å²) in [6, 6.07) is 4.85. The standard InChI is InChI=1S/C15H26N2O/c1-4-16-15-7-5-6-13(15)10-17(3)11-14-9-8-12(2)18-14/h8-9,13,15-16H,4-7,10-11H2,1-3H3. The van der Waals surface area contributed by atoms with Crippen LogP contribution in [0.2, 0.25) is 0 Å². The first-order chi connectivity index (χ1) is 8.69. The fraction of sp³-hybridized carbons (Fsp3) is 0.733. The van der Waals surface area contributed by atoms with Crippen LogP contribution in [0.3, 0.4) is 0 Å². The van der Waals surface area contributed by atoms with Crippen LogP contribution in [0.4, 0.5) is 0 Å². The molecule has 0 saturated heterocycles. The zero-order valence-electron chi connectivity index (χ0n) is 11.9. The van der Waals surface area contributed by atoms with Gasteiger partial charge in [-0.25, -0.2) is 0 Å². The molecule has 3 nitrogen and oxygen atoms in total. The summed E-state index contributed by atoms with van der Waals surface area (Å²) in [7, 11) is 2.19. The van der Waals surface area contributed by atoms with Gasteiger partial charge in [-0.15, -0.1) is 0 Å². The van der Waals surface area contributed by atoms with E-state index in [2.05, 4.69) is 30.3 Å². The molecule has 0 aliphatic heterocycles. The van der Waals surface area contributed by atoms with Crippen LogP contribution in [-0.4, -0.2) is 31.1 Å². The number of nitrogens with one attached hydrogen (secondary N) is 1. The minimum Gasteiger partial charge on any atom is -0.465 e. The molecule has 1 saturated carbocycles. The lowest BCUT2D eigenvalue weighted by Crippen LogP contribution is -2.37. The van der Waals surface area contributed by atoms with Gasteiger partial charge in [0, 0.05) is 12.6 Å². The predicted molar refractivity (Wildman–Crippen MR) is 74.6 cm³/mol. The first-order valence-electron chi connectivity index (χ1n) is 7.16. The zero-order valence-corrected chi connectivity index (χ0v) is 11.9. The molecule has 1 fully saturated rings. The first kappa shape index (κ1) is 13.6. The number of aryl methyl sites for hydroxylation is 1. The molecule has 102 valence electrons. The molecule has 18 heavy (non-hydrogen) atoms. The second-order valence-corrected chi connectivity index (χ2v) is 5.56. The van der Waals surface area contributed by atoms with Crippen LogP contribution >= 0.6 is 0 Å². The van der Waals surface area contributed by atoms with Gasteiger partial charge in [-0.3, -0.25) is 4.90 Å². The molecule has 2 unspecified atom stereocenters. The predicted octanol–water partition coefficient (Wildman–Crippen LogP) is 2.80. The molecule has 0 spiro atoms. The van der Waals surface area contributed by atoms with Gasteiger partial charge in [-0.2, -0.15) is 0 Å². The third-order valence-corrected chi connectivity index (χ3v) is 3.89. The van der Waals surface area contributed by atoms with Crippen LogP contribution < -0.4 is 5.32 Å². The van der Waals surface area contributed by atoms with Crippen LogP contribution in [-0.2, 0) is 6.54 Å².